The molecule has 1 unspecified atom stereocenters. The van der Waals surface area contributed by atoms with Crippen LogP contribution in [0.3, 0.4) is 0 Å². The van der Waals surface area contributed by atoms with E-state index in [0.29, 0.717) is 24.8 Å². The second-order valence-corrected chi connectivity index (χ2v) is 16.8. The first kappa shape index (κ1) is 47.1. The highest BCUT2D eigenvalue weighted by molar-refractivity contribution is 7.65. The number of unbranched alkanes of at least 4 members (excludes halogenated alkanes) is 2. The standard InChI is InChI=1S/C37H51F3N5O11P/c1-25(26-9-8-10-27(21-26)33(48)49)43-23-29(46)24-57(51,52)20-7-5-6-13-41-32(47)30-12-11-28(36(44-45-36)37(38,39)40)22-31(30)55-19-18-54-17-16-53-15-14-42-34(50)56-35(2,3)4/h8-12,21-22,25,43,51-52H,5-7,13-20,23-24H2,1-4H3,(H2-,41,42,47,48,49,50)/p+1. The van der Waals surface area contributed by atoms with E-state index < -0.39 is 55.1 Å². The van der Waals surface area contributed by atoms with Gasteiger partial charge in [-0.05, 0) is 76.8 Å². The van der Waals surface area contributed by atoms with Crippen LogP contribution in [0.15, 0.2) is 52.7 Å². The number of carbonyl (C=O) groups excluding carboxylic acids is 3. The smallest absolute Gasteiger partial charge is 0.442 e. The van der Waals surface area contributed by atoms with Gasteiger partial charge in [-0.1, -0.05) is 18.2 Å². The Kier molecular flexibility index (Phi) is 17.8. The average Bonchev–Trinajstić information content (AvgIpc) is 3.95. The van der Waals surface area contributed by atoms with E-state index in [2.05, 4.69) is 26.2 Å². The highest BCUT2D eigenvalue weighted by atomic mass is 31.2. The largest absolute Gasteiger partial charge is 0.490 e. The number of nitrogens with zero attached hydrogens (tertiary/aromatic N) is 2. The molecule has 0 radical (unpaired) electrons. The zero-order valence-corrected chi connectivity index (χ0v) is 33.3. The van der Waals surface area contributed by atoms with Crippen molar-refractivity contribution >= 4 is 31.5 Å². The van der Waals surface area contributed by atoms with Gasteiger partial charge in [-0.3, -0.25) is 9.59 Å². The molecule has 3 rings (SSSR count). The van der Waals surface area contributed by atoms with Crippen molar-refractivity contribution in [1.29, 1.82) is 0 Å². The van der Waals surface area contributed by atoms with Crippen molar-refractivity contribution in [2.24, 2.45) is 10.2 Å². The van der Waals surface area contributed by atoms with Crippen LogP contribution in [-0.4, -0.2) is 115 Å². The van der Waals surface area contributed by atoms with E-state index in [4.69, 9.17) is 18.9 Å². The molecular formula is C37H52F3N5O11P+. The summed E-state index contributed by atoms with van der Waals surface area (Å²) in [6.45, 7) is 7.73. The van der Waals surface area contributed by atoms with Crippen LogP contribution in [0.5, 0.6) is 5.75 Å². The third kappa shape index (κ3) is 16.3. The fourth-order valence-corrected chi connectivity index (χ4v) is 6.83. The van der Waals surface area contributed by atoms with E-state index in [0.717, 1.165) is 12.1 Å². The van der Waals surface area contributed by atoms with Gasteiger partial charge >= 0.3 is 23.9 Å². The summed E-state index contributed by atoms with van der Waals surface area (Å²) in [5.41, 5.74) is -2.91. The number of Topliss-reactive ketones (excluding diaryl/α,β-unsaturated/α-hetero) is 1. The third-order valence-electron chi connectivity index (χ3n) is 8.24. The molecule has 6 N–H and O–H groups in total. The lowest BCUT2D eigenvalue weighted by Gasteiger charge is -2.19. The quantitative estimate of drug-likeness (QED) is 0.0564. The summed E-state index contributed by atoms with van der Waals surface area (Å²) in [4.78, 5) is 69.4. The zero-order valence-electron chi connectivity index (χ0n) is 32.4. The summed E-state index contributed by atoms with van der Waals surface area (Å²) in [5.74, 6) is -2.21. The van der Waals surface area contributed by atoms with Gasteiger partial charge in [-0.2, -0.15) is 13.2 Å². The van der Waals surface area contributed by atoms with Crippen LogP contribution in [0.25, 0.3) is 0 Å². The lowest BCUT2D eigenvalue weighted by atomic mass is 10.00. The Labute approximate surface area is 329 Å². The number of ketones is 1. The van der Waals surface area contributed by atoms with Crippen molar-refractivity contribution in [1.82, 2.24) is 16.0 Å². The Bertz CT molecular complexity index is 1700. The van der Waals surface area contributed by atoms with Gasteiger partial charge in [0.25, 0.3) is 13.6 Å². The summed E-state index contributed by atoms with van der Waals surface area (Å²) >= 11 is 0. The number of carboxylic acid groups (broad SMARTS) is 1. The topological polar surface area (TPSA) is 227 Å². The fourth-order valence-electron chi connectivity index (χ4n) is 5.27. The minimum Gasteiger partial charge on any atom is -0.490 e. The number of hydrogen-bond donors (Lipinski definition) is 6. The average molecular weight is 831 g/mol. The van der Waals surface area contributed by atoms with Crippen LogP contribution in [0, 0.1) is 0 Å². The van der Waals surface area contributed by atoms with Crippen molar-refractivity contribution in [2.75, 3.05) is 65.0 Å². The second-order valence-electron chi connectivity index (χ2n) is 14.2. The number of ether oxygens (including phenoxy) is 4. The summed E-state index contributed by atoms with van der Waals surface area (Å²) in [6, 6.07) is 9.31. The van der Waals surface area contributed by atoms with Crippen molar-refractivity contribution in [2.45, 2.75) is 70.4 Å². The lowest BCUT2D eigenvalue weighted by Crippen LogP contribution is -2.34. The van der Waals surface area contributed by atoms with E-state index >= 15 is 0 Å². The molecule has 0 saturated carbocycles. The maximum absolute atomic E-state index is 13.7. The first-order valence-electron chi connectivity index (χ1n) is 18.3. The zero-order chi connectivity index (χ0) is 42.3. The summed E-state index contributed by atoms with van der Waals surface area (Å²) < 4.78 is 62.8. The molecule has 16 nitrogen and oxygen atoms in total. The van der Waals surface area contributed by atoms with Crippen LogP contribution in [0.4, 0.5) is 18.0 Å². The van der Waals surface area contributed by atoms with Crippen molar-refractivity contribution in [3.8, 4) is 5.75 Å². The highest BCUT2D eigenvalue weighted by Crippen LogP contribution is 2.53. The number of benzene rings is 2. The second kappa shape index (κ2) is 21.5. The molecule has 0 spiro atoms. The number of halogens is 3. The van der Waals surface area contributed by atoms with E-state index in [1.54, 1.807) is 39.8 Å². The van der Waals surface area contributed by atoms with Gasteiger partial charge < -0.3 is 40.0 Å². The van der Waals surface area contributed by atoms with Gasteiger partial charge in [0.15, 0.2) is 11.9 Å². The number of carbonyl (C=O) groups is 4. The molecule has 2 aromatic carbocycles. The number of rotatable bonds is 25. The maximum atomic E-state index is 13.7. The molecule has 0 aromatic heterocycles. The minimum atomic E-state index is -4.79. The third-order valence-corrected chi connectivity index (χ3v) is 10.1. The van der Waals surface area contributed by atoms with E-state index in [1.807, 2.05) is 0 Å². The molecule has 2 aromatic rings. The molecule has 1 aliphatic heterocycles. The molecule has 57 heavy (non-hydrogen) atoms. The molecule has 20 heteroatoms. The summed E-state index contributed by atoms with van der Waals surface area (Å²) in [6.07, 6.45) is -4.50. The predicted octanol–water partition coefficient (Wildman–Crippen LogP) is 5.15. The summed E-state index contributed by atoms with van der Waals surface area (Å²) in [5, 5.41) is 23.8. The first-order chi connectivity index (χ1) is 26.7. The number of aromatic carboxylic acids is 1. The number of hydrogen-bond acceptors (Lipinski definition) is 13. The molecule has 1 aliphatic rings. The number of nitrogens with one attached hydrogen (secondary N) is 3. The molecule has 1 atom stereocenters. The van der Waals surface area contributed by atoms with Gasteiger partial charge in [0, 0.05) is 24.7 Å². The molecule has 316 valence electrons. The molecule has 0 saturated heterocycles. The predicted molar refractivity (Wildman–Crippen MR) is 203 cm³/mol. The van der Waals surface area contributed by atoms with Crippen LogP contribution in [-0.2, 0) is 24.7 Å². The molecule has 0 bridgehead atoms. The van der Waals surface area contributed by atoms with Crippen molar-refractivity contribution < 1.29 is 66.2 Å². The molecule has 0 fully saturated rings. The van der Waals surface area contributed by atoms with E-state index in [1.165, 1.54) is 18.2 Å². The SMILES string of the molecule is CC(NCC(=O)C[P+](O)(O)CCCCCNC(=O)c1ccc(C2(C(F)(F)F)N=N2)cc1OCCOCCOCCNC(=O)OC(C)(C)C)c1cccc(C(=O)O)c1. The molecular weight excluding hydrogens is 778 g/mol. The van der Waals surface area contributed by atoms with Crippen LogP contribution in [0.1, 0.15) is 84.8 Å². The number of amides is 2. The van der Waals surface area contributed by atoms with Gasteiger partial charge in [0.05, 0.1) is 44.1 Å². The molecule has 1 heterocycles. The number of alkyl carbamates (subject to hydrolysis) is 1. The summed E-state index contributed by atoms with van der Waals surface area (Å²) in [7, 11) is -3.53. The van der Waals surface area contributed by atoms with Gasteiger partial charge in [0.1, 0.15) is 24.1 Å². The fraction of sp³-hybridized carbons (Fsp3) is 0.568. The van der Waals surface area contributed by atoms with E-state index in [-0.39, 0.29) is 87.3 Å². The Balaban J connectivity index is 1.40. The highest BCUT2D eigenvalue weighted by Gasteiger charge is 2.65. The van der Waals surface area contributed by atoms with Crippen molar-refractivity contribution in [3.05, 3.63) is 64.7 Å². The monoisotopic (exact) mass is 830 g/mol. The van der Waals surface area contributed by atoms with Crippen LogP contribution < -0.4 is 20.7 Å². The van der Waals surface area contributed by atoms with Crippen LogP contribution >= 0.6 is 7.72 Å². The Hall–Kier alpha value is -4.26. The minimum absolute atomic E-state index is 0.00108. The number of carboxylic acids is 1. The normalized spacial score (nSPS) is 14.1. The van der Waals surface area contributed by atoms with Gasteiger partial charge in [-0.25, -0.2) is 19.4 Å². The van der Waals surface area contributed by atoms with Gasteiger partial charge in [0.2, 0.25) is 0 Å². The Morgan fingerprint density at radius 1 is 0.877 bits per heavy atom. The molecule has 0 aliphatic carbocycles. The first-order valence-corrected chi connectivity index (χ1v) is 20.4. The Morgan fingerprint density at radius 3 is 2.21 bits per heavy atom. The van der Waals surface area contributed by atoms with Gasteiger partial charge in [-0.15, -0.1) is 10.2 Å². The Morgan fingerprint density at radius 2 is 1.56 bits per heavy atom. The number of alkyl halides is 3. The lowest BCUT2D eigenvalue weighted by molar-refractivity contribution is -0.166. The van der Waals surface area contributed by atoms with Crippen LogP contribution in [0.2, 0.25) is 0 Å². The molecule has 2 amide bonds. The van der Waals surface area contributed by atoms with E-state index in [9.17, 15) is 47.2 Å². The maximum Gasteiger partial charge on any atom is 0.442 e. The van der Waals surface area contributed by atoms with Crippen molar-refractivity contribution in [3.63, 3.8) is 0 Å².